The van der Waals surface area contributed by atoms with E-state index >= 15 is 0 Å². The maximum absolute atomic E-state index is 12.1. The number of hydrogen-bond acceptors (Lipinski definition) is 6. The highest BCUT2D eigenvalue weighted by atomic mass is 16.5. The molecule has 1 unspecified atom stereocenters. The molecule has 0 aliphatic carbocycles. The Labute approximate surface area is 145 Å². The van der Waals surface area contributed by atoms with Crippen LogP contribution in [0.4, 0.5) is 11.5 Å². The van der Waals surface area contributed by atoms with E-state index in [0.717, 1.165) is 25.1 Å². The summed E-state index contributed by atoms with van der Waals surface area (Å²) < 4.78 is 5.47. The second kappa shape index (κ2) is 7.85. The van der Waals surface area contributed by atoms with Crippen molar-refractivity contribution in [3.05, 3.63) is 47.7 Å². The number of aromatic nitrogens is 2. The van der Waals surface area contributed by atoms with Gasteiger partial charge in [-0.15, -0.1) is 10.2 Å². The molecule has 7 heteroatoms. The maximum atomic E-state index is 12.1. The van der Waals surface area contributed by atoms with E-state index in [1.165, 1.54) is 6.92 Å². The second-order valence-corrected chi connectivity index (χ2v) is 5.91. The Morgan fingerprint density at radius 3 is 2.80 bits per heavy atom. The minimum atomic E-state index is -0.270. The number of rotatable bonds is 6. The van der Waals surface area contributed by atoms with Gasteiger partial charge in [0.25, 0.3) is 5.91 Å². The number of nitrogens with one attached hydrogen (secondary N) is 2. The monoisotopic (exact) mass is 340 g/mol. The molecule has 1 fully saturated rings. The van der Waals surface area contributed by atoms with Gasteiger partial charge in [0, 0.05) is 24.4 Å². The summed E-state index contributed by atoms with van der Waals surface area (Å²) in [5.74, 6) is 0.220. The lowest BCUT2D eigenvalue weighted by molar-refractivity contribution is 0.0852. The fourth-order valence-electron chi connectivity index (χ4n) is 2.59. The van der Waals surface area contributed by atoms with E-state index in [9.17, 15) is 9.59 Å². The number of anilines is 2. The van der Waals surface area contributed by atoms with Gasteiger partial charge in [-0.25, -0.2) is 0 Å². The lowest BCUT2D eigenvalue weighted by Crippen LogP contribution is -2.32. The van der Waals surface area contributed by atoms with Gasteiger partial charge < -0.3 is 15.4 Å². The molecule has 1 amide bonds. The van der Waals surface area contributed by atoms with E-state index in [4.69, 9.17) is 4.74 Å². The summed E-state index contributed by atoms with van der Waals surface area (Å²) in [5, 5.41) is 13.8. The zero-order chi connectivity index (χ0) is 17.6. The van der Waals surface area contributed by atoms with Crippen molar-refractivity contribution in [2.75, 3.05) is 18.5 Å². The molecule has 0 saturated carbocycles. The molecule has 1 atom stereocenters. The van der Waals surface area contributed by atoms with E-state index in [1.54, 1.807) is 30.3 Å². The highest BCUT2D eigenvalue weighted by molar-refractivity contribution is 5.95. The Hall–Kier alpha value is -2.80. The van der Waals surface area contributed by atoms with Gasteiger partial charge in [0.2, 0.25) is 0 Å². The molecule has 2 N–H and O–H groups in total. The Balaban J connectivity index is 1.58. The van der Waals surface area contributed by atoms with Crippen LogP contribution >= 0.6 is 0 Å². The first-order chi connectivity index (χ1) is 12.1. The molecule has 2 aromatic rings. The highest BCUT2D eigenvalue weighted by Crippen LogP contribution is 2.16. The Morgan fingerprint density at radius 1 is 1.24 bits per heavy atom. The normalized spacial score (nSPS) is 16.4. The Bertz CT molecular complexity index is 755. The van der Waals surface area contributed by atoms with Gasteiger partial charge in [0.05, 0.1) is 6.10 Å². The molecule has 1 aromatic heterocycles. The molecular formula is C18H20N4O3. The minimum absolute atomic E-state index is 0.00649. The number of carbonyl (C=O) groups excluding carboxylic acids is 2. The average Bonchev–Trinajstić information content (AvgIpc) is 3.14. The molecule has 1 saturated heterocycles. The third-order valence-corrected chi connectivity index (χ3v) is 3.95. The summed E-state index contributed by atoms with van der Waals surface area (Å²) in [7, 11) is 0. The van der Waals surface area contributed by atoms with E-state index < -0.39 is 0 Å². The van der Waals surface area contributed by atoms with Crippen LogP contribution in [0.3, 0.4) is 0 Å². The van der Waals surface area contributed by atoms with Gasteiger partial charge in [0.15, 0.2) is 17.3 Å². The van der Waals surface area contributed by atoms with Crippen molar-refractivity contribution in [3.8, 4) is 0 Å². The van der Waals surface area contributed by atoms with E-state index in [2.05, 4.69) is 20.8 Å². The zero-order valence-electron chi connectivity index (χ0n) is 14.0. The van der Waals surface area contributed by atoms with Crippen molar-refractivity contribution in [3.63, 3.8) is 0 Å². The summed E-state index contributed by atoms with van der Waals surface area (Å²) in [6.45, 7) is 2.76. The van der Waals surface area contributed by atoms with Crippen molar-refractivity contribution in [1.82, 2.24) is 15.5 Å². The van der Waals surface area contributed by atoms with Gasteiger partial charge >= 0.3 is 0 Å². The molecule has 0 radical (unpaired) electrons. The molecular weight excluding hydrogens is 320 g/mol. The topological polar surface area (TPSA) is 93.2 Å². The van der Waals surface area contributed by atoms with Crippen LogP contribution in [0.15, 0.2) is 36.4 Å². The molecule has 7 nitrogen and oxygen atoms in total. The standard InChI is InChI=1S/C18H20N4O3/c1-12(23)13-4-2-5-14(10-13)20-17-8-7-16(21-22-17)18(24)19-11-15-6-3-9-25-15/h2,4-5,7-8,10,15H,3,6,9,11H2,1H3,(H,19,24)(H,20,22). The van der Waals surface area contributed by atoms with Crippen LogP contribution in [0.5, 0.6) is 0 Å². The van der Waals surface area contributed by atoms with Gasteiger partial charge in [0.1, 0.15) is 0 Å². The van der Waals surface area contributed by atoms with E-state index in [0.29, 0.717) is 17.9 Å². The van der Waals surface area contributed by atoms with Crippen LogP contribution in [0.2, 0.25) is 0 Å². The number of benzene rings is 1. The third kappa shape index (κ3) is 4.60. The van der Waals surface area contributed by atoms with Gasteiger partial charge in [-0.2, -0.15) is 0 Å². The van der Waals surface area contributed by atoms with E-state index in [1.807, 2.05) is 6.07 Å². The predicted molar refractivity (Wildman–Crippen MR) is 93.1 cm³/mol. The number of Topliss-reactive ketones (excluding diaryl/α,β-unsaturated/α-hetero) is 1. The fraction of sp³-hybridized carbons (Fsp3) is 0.333. The first-order valence-corrected chi connectivity index (χ1v) is 8.23. The molecule has 130 valence electrons. The molecule has 0 bridgehead atoms. The molecule has 25 heavy (non-hydrogen) atoms. The zero-order valence-corrected chi connectivity index (χ0v) is 14.0. The van der Waals surface area contributed by atoms with Crippen molar-refractivity contribution in [1.29, 1.82) is 0 Å². The lowest BCUT2D eigenvalue weighted by Gasteiger charge is -2.10. The van der Waals surface area contributed by atoms with Crippen molar-refractivity contribution in [2.45, 2.75) is 25.9 Å². The molecule has 3 rings (SSSR count). The molecule has 2 heterocycles. The summed E-state index contributed by atoms with van der Waals surface area (Å²) in [6, 6.07) is 10.4. The first kappa shape index (κ1) is 17.0. The summed E-state index contributed by atoms with van der Waals surface area (Å²) >= 11 is 0. The molecule has 1 aromatic carbocycles. The highest BCUT2D eigenvalue weighted by Gasteiger charge is 2.17. The summed E-state index contributed by atoms with van der Waals surface area (Å²) in [6.07, 6.45) is 2.09. The predicted octanol–water partition coefficient (Wildman–Crippen LogP) is 2.33. The maximum Gasteiger partial charge on any atom is 0.271 e. The Kier molecular flexibility index (Phi) is 5.35. The average molecular weight is 340 g/mol. The van der Waals surface area contributed by atoms with Crippen molar-refractivity contribution in [2.24, 2.45) is 0 Å². The number of ether oxygens (including phenoxy) is 1. The van der Waals surface area contributed by atoms with Crippen LogP contribution in [-0.4, -0.2) is 41.1 Å². The number of nitrogens with zero attached hydrogens (tertiary/aromatic N) is 2. The Morgan fingerprint density at radius 2 is 2.12 bits per heavy atom. The SMILES string of the molecule is CC(=O)c1cccc(Nc2ccc(C(=O)NCC3CCCO3)nn2)c1. The van der Waals surface area contributed by atoms with Crippen molar-refractivity contribution >= 4 is 23.2 Å². The molecule has 0 spiro atoms. The smallest absolute Gasteiger partial charge is 0.271 e. The van der Waals surface area contributed by atoms with Crippen LogP contribution in [0.25, 0.3) is 0 Å². The number of hydrogen-bond donors (Lipinski definition) is 2. The summed E-state index contributed by atoms with van der Waals surface area (Å²) in [4.78, 5) is 23.5. The van der Waals surface area contributed by atoms with E-state index in [-0.39, 0.29) is 23.5 Å². The van der Waals surface area contributed by atoms with Crippen LogP contribution in [0.1, 0.15) is 40.6 Å². The lowest BCUT2D eigenvalue weighted by atomic mass is 10.1. The largest absolute Gasteiger partial charge is 0.376 e. The first-order valence-electron chi connectivity index (χ1n) is 8.23. The number of amides is 1. The van der Waals surface area contributed by atoms with Gasteiger partial charge in [-0.05, 0) is 44.0 Å². The third-order valence-electron chi connectivity index (χ3n) is 3.95. The quantitative estimate of drug-likeness (QED) is 0.784. The molecule has 1 aliphatic rings. The molecule has 1 aliphatic heterocycles. The van der Waals surface area contributed by atoms with Crippen molar-refractivity contribution < 1.29 is 14.3 Å². The fourth-order valence-corrected chi connectivity index (χ4v) is 2.59. The number of ketones is 1. The second-order valence-electron chi connectivity index (χ2n) is 5.91. The number of carbonyl (C=O) groups is 2. The minimum Gasteiger partial charge on any atom is -0.376 e. The van der Waals surface area contributed by atoms with Gasteiger partial charge in [-0.1, -0.05) is 12.1 Å². The van der Waals surface area contributed by atoms with Crippen LogP contribution in [-0.2, 0) is 4.74 Å². The van der Waals surface area contributed by atoms with Crippen LogP contribution < -0.4 is 10.6 Å². The van der Waals surface area contributed by atoms with Crippen LogP contribution in [0, 0.1) is 0 Å². The summed E-state index contributed by atoms with van der Waals surface area (Å²) in [5.41, 5.74) is 1.60. The van der Waals surface area contributed by atoms with Gasteiger partial charge in [-0.3, -0.25) is 9.59 Å².